The summed E-state index contributed by atoms with van der Waals surface area (Å²) in [5, 5.41) is 0.572. The number of amides is 3. The molecule has 3 heterocycles. The highest BCUT2D eigenvalue weighted by Gasteiger charge is 2.31. The van der Waals surface area contributed by atoms with Crippen molar-refractivity contribution in [3.05, 3.63) is 42.0 Å². The number of imide groups is 1. The molecule has 0 atom stereocenters. The van der Waals surface area contributed by atoms with Gasteiger partial charge in [-0.15, -0.1) is 12.4 Å². The van der Waals surface area contributed by atoms with Gasteiger partial charge in [0.1, 0.15) is 13.2 Å². The van der Waals surface area contributed by atoms with Gasteiger partial charge in [-0.05, 0) is 31.3 Å². The summed E-state index contributed by atoms with van der Waals surface area (Å²) in [6.45, 7) is 8.03. The average Bonchev–Trinajstić information content (AvgIpc) is 3.46. The number of carbonyl (C=O) groups excluding carboxylic acids is 3. The minimum Gasteiger partial charge on any atom is -0.486 e. The second-order valence-corrected chi connectivity index (χ2v) is 9.63. The third-order valence-corrected chi connectivity index (χ3v) is 7.50. The molecule has 3 aromatic rings. The highest BCUT2D eigenvalue weighted by Crippen LogP contribution is 2.39. The number of fused-ring (bicyclic) bond motifs is 2. The maximum atomic E-state index is 13.8. The Bertz CT molecular complexity index is 1270. The van der Waals surface area contributed by atoms with Crippen LogP contribution in [0.3, 0.4) is 0 Å². The molecule has 0 bridgehead atoms. The van der Waals surface area contributed by atoms with Gasteiger partial charge in [-0.1, -0.05) is 31.3 Å². The van der Waals surface area contributed by atoms with Crippen LogP contribution in [0.15, 0.2) is 36.4 Å². The highest BCUT2D eigenvalue weighted by molar-refractivity contribution is 7.22. The van der Waals surface area contributed by atoms with E-state index in [-0.39, 0.29) is 43.0 Å². The summed E-state index contributed by atoms with van der Waals surface area (Å²) in [5.74, 6) is 0.599. The van der Waals surface area contributed by atoms with Crippen molar-refractivity contribution in [3.8, 4) is 11.5 Å². The molecular formula is C26H29ClN4O5S. The first kappa shape index (κ1) is 26.8. The van der Waals surface area contributed by atoms with Crippen LogP contribution < -0.4 is 19.3 Å². The van der Waals surface area contributed by atoms with Crippen LogP contribution in [0.2, 0.25) is 0 Å². The molecule has 0 N–H and O–H groups in total. The topological polar surface area (TPSA) is 92.3 Å². The number of anilines is 2. The number of aromatic nitrogens is 1. The van der Waals surface area contributed by atoms with E-state index in [2.05, 4.69) is 18.7 Å². The molecule has 0 radical (unpaired) electrons. The minimum atomic E-state index is -0.248. The molecule has 3 amide bonds. The van der Waals surface area contributed by atoms with Gasteiger partial charge < -0.3 is 14.4 Å². The fourth-order valence-electron chi connectivity index (χ4n) is 4.43. The van der Waals surface area contributed by atoms with Gasteiger partial charge >= 0.3 is 0 Å². The molecule has 0 aliphatic carbocycles. The van der Waals surface area contributed by atoms with Gasteiger partial charge in [-0.3, -0.25) is 24.2 Å². The Kier molecular flexibility index (Phi) is 8.31. The van der Waals surface area contributed by atoms with Crippen molar-refractivity contribution in [2.24, 2.45) is 0 Å². The molecular weight excluding hydrogens is 516 g/mol. The van der Waals surface area contributed by atoms with E-state index < -0.39 is 0 Å². The van der Waals surface area contributed by atoms with E-state index in [4.69, 9.17) is 14.5 Å². The maximum Gasteiger partial charge on any atom is 0.260 e. The van der Waals surface area contributed by atoms with Crippen LogP contribution in [0.1, 0.15) is 37.0 Å². The van der Waals surface area contributed by atoms with Crippen LogP contribution in [0, 0.1) is 0 Å². The molecule has 0 spiro atoms. The third-order valence-electron chi connectivity index (χ3n) is 6.45. The number of thiazole rings is 1. The largest absolute Gasteiger partial charge is 0.486 e. The van der Waals surface area contributed by atoms with E-state index in [9.17, 15) is 14.4 Å². The zero-order chi connectivity index (χ0) is 25.2. The molecule has 0 unspecified atom stereocenters. The molecule has 1 saturated heterocycles. The van der Waals surface area contributed by atoms with Gasteiger partial charge in [0.25, 0.3) is 5.91 Å². The van der Waals surface area contributed by atoms with Crippen LogP contribution >= 0.6 is 23.7 Å². The Labute approximate surface area is 225 Å². The van der Waals surface area contributed by atoms with Crippen molar-refractivity contribution < 1.29 is 23.9 Å². The summed E-state index contributed by atoms with van der Waals surface area (Å²) < 4.78 is 12.3. The van der Waals surface area contributed by atoms with Gasteiger partial charge in [0.05, 0.1) is 15.9 Å². The lowest BCUT2D eigenvalue weighted by molar-refractivity contribution is -0.121. The molecule has 5 rings (SSSR count). The number of nitrogens with zero attached hydrogens (tertiary/aromatic N) is 4. The van der Waals surface area contributed by atoms with Gasteiger partial charge in [0.2, 0.25) is 11.8 Å². The normalized spacial score (nSPS) is 14.8. The lowest BCUT2D eigenvalue weighted by Gasteiger charge is -2.25. The van der Waals surface area contributed by atoms with Gasteiger partial charge in [-0.25, -0.2) is 4.98 Å². The van der Waals surface area contributed by atoms with E-state index in [1.807, 2.05) is 12.1 Å². The predicted octanol–water partition coefficient (Wildman–Crippen LogP) is 4.13. The van der Waals surface area contributed by atoms with Crippen LogP contribution in [-0.4, -0.2) is 67.0 Å². The molecule has 2 aromatic carbocycles. The fourth-order valence-corrected chi connectivity index (χ4v) is 5.43. The Hall–Kier alpha value is -3.21. The molecule has 1 aromatic heterocycles. The number of carbonyl (C=O) groups is 3. The summed E-state index contributed by atoms with van der Waals surface area (Å²) in [6.07, 6.45) is 0.381. The monoisotopic (exact) mass is 544 g/mol. The molecule has 1 fully saturated rings. The second-order valence-electron chi connectivity index (χ2n) is 8.62. The standard InChI is InChI=1S/C26H28N4O5S.ClH/c1-3-28(4-2)10-11-29(26-27-19-15-20-21(16-22(19)36-26)35-13-12-34-20)25(33)17-6-5-7-18(14-17)30-23(31)8-9-24(30)32;/h5-7,14-16H,3-4,8-13H2,1-2H3;1H. The number of halogens is 1. The summed E-state index contributed by atoms with van der Waals surface area (Å²) in [5.41, 5.74) is 1.55. The van der Waals surface area contributed by atoms with Crippen LogP contribution in [0.25, 0.3) is 10.2 Å². The number of hydrogen-bond donors (Lipinski definition) is 0. The highest BCUT2D eigenvalue weighted by atomic mass is 35.5. The number of likely N-dealkylation sites (N-methyl/N-ethyl adjacent to an activating group) is 1. The van der Waals surface area contributed by atoms with Crippen molar-refractivity contribution in [1.29, 1.82) is 0 Å². The van der Waals surface area contributed by atoms with E-state index in [0.29, 0.717) is 54.2 Å². The average molecular weight is 545 g/mol. The van der Waals surface area contributed by atoms with Crippen molar-refractivity contribution in [1.82, 2.24) is 9.88 Å². The van der Waals surface area contributed by atoms with Crippen molar-refractivity contribution in [3.63, 3.8) is 0 Å². The van der Waals surface area contributed by atoms with Crippen LogP contribution in [-0.2, 0) is 9.59 Å². The Morgan fingerprint density at radius 1 is 1.00 bits per heavy atom. The maximum absolute atomic E-state index is 13.8. The first-order valence-electron chi connectivity index (χ1n) is 12.2. The molecule has 2 aliphatic heterocycles. The van der Waals surface area contributed by atoms with Crippen LogP contribution in [0.4, 0.5) is 10.8 Å². The molecule has 2 aliphatic rings. The molecule has 9 nitrogen and oxygen atoms in total. The minimum absolute atomic E-state index is 0. The van der Waals surface area contributed by atoms with E-state index in [1.165, 1.54) is 16.2 Å². The predicted molar refractivity (Wildman–Crippen MR) is 145 cm³/mol. The van der Waals surface area contributed by atoms with Gasteiger partial charge in [0.15, 0.2) is 16.6 Å². The van der Waals surface area contributed by atoms with E-state index >= 15 is 0 Å². The summed E-state index contributed by atoms with van der Waals surface area (Å²) in [7, 11) is 0. The zero-order valence-electron chi connectivity index (χ0n) is 20.8. The molecule has 11 heteroatoms. The van der Waals surface area contributed by atoms with E-state index in [1.54, 1.807) is 29.2 Å². The van der Waals surface area contributed by atoms with Crippen molar-refractivity contribution in [2.75, 3.05) is 49.2 Å². The quantitative estimate of drug-likeness (QED) is 0.394. The molecule has 37 heavy (non-hydrogen) atoms. The van der Waals surface area contributed by atoms with Crippen molar-refractivity contribution >= 4 is 62.5 Å². The zero-order valence-corrected chi connectivity index (χ0v) is 22.4. The first-order valence-corrected chi connectivity index (χ1v) is 13.0. The smallest absolute Gasteiger partial charge is 0.260 e. The summed E-state index contributed by atoms with van der Waals surface area (Å²) in [4.78, 5) is 48.2. The number of ether oxygens (including phenoxy) is 2. The summed E-state index contributed by atoms with van der Waals surface area (Å²) >= 11 is 1.42. The SMILES string of the molecule is CCN(CC)CCN(C(=O)c1cccc(N2C(=O)CCC2=O)c1)c1nc2cc3c(cc2s1)OCCO3.Cl. The number of hydrogen-bond acceptors (Lipinski definition) is 8. The van der Waals surface area contributed by atoms with E-state index in [0.717, 1.165) is 23.3 Å². The third kappa shape index (κ3) is 5.41. The first-order chi connectivity index (χ1) is 17.5. The Morgan fingerprint density at radius 3 is 2.35 bits per heavy atom. The molecule has 196 valence electrons. The van der Waals surface area contributed by atoms with Crippen LogP contribution in [0.5, 0.6) is 11.5 Å². The Balaban J connectivity index is 0.00000320. The second kappa shape index (κ2) is 11.5. The molecule has 0 saturated carbocycles. The number of rotatable bonds is 8. The summed E-state index contributed by atoms with van der Waals surface area (Å²) in [6, 6.07) is 10.5. The number of benzene rings is 2. The lowest BCUT2D eigenvalue weighted by atomic mass is 10.1. The lowest BCUT2D eigenvalue weighted by Crippen LogP contribution is -2.39. The van der Waals surface area contributed by atoms with Crippen molar-refractivity contribution in [2.45, 2.75) is 26.7 Å². The Morgan fingerprint density at radius 2 is 1.68 bits per heavy atom. The fraction of sp³-hybridized carbons (Fsp3) is 0.385. The van der Waals surface area contributed by atoms with Gasteiger partial charge in [-0.2, -0.15) is 0 Å². The van der Waals surface area contributed by atoms with Gasteiger partial charge in [0, 0.05) is 43.6 Å².